The third-order valence-corrected chi connectivity index (χ3v) is 2.16. The molecule has 0 spiro atoms. The second-order valence-corrected chi connectivity index (χ2v) is 3.82. The van der Waals surface area contributed by atoms with Gasteiger partial charge >= 0.3 is 0 Å². The lowest BCUT2D eigenvalue weighted by atomic mass is 10.2. The second-order valence-electron chi connectivity index (χ2n) is 3.82. The van der Waals surface area contributed by atoms with Gasteiger partial charge < -0.3 is 10.5 Å². The van der Waals surface area contributed by atoms with Crippen LogP contribution in [-0.4, -0.2) is 18.5 Å². The maximum Gasteiger partial charge on any atom is 0.0931 e. The van der Waals surface area contributed by atoms with Gasteiger partial charge in [-0.2, -0.15) is 0 Å². The predicted molar refractivity (Wildman–Crippen MR) is 60.7 cm³/mol. The fourth-order valence-corrected chi connectivity index (χ4v) is 1.36. The monoisotopic (exact) mass is 200 g/mol. The smallest absolute Gasteiger partial charge is 0.0931 e. The molecule has 0 aromatic heterocycles. The van der Waals surface area contributed by atoms with Crippen molar-refractivity contribution in [1.82, 2.24) is 0 Å². The van der Waals surface area contributed by atoms with Crippen LogP contribution in [0.15, 0.2) is 0 Å². The zero-order valence-corrected chi connectivity index (χ0v) is 9.51. The molecule has 0 aromatic rings. The van der Waals surface area contributed by atoms with E-state index in [2.05, 4.69) is 6.92 Å². The Morgan fingerprint density at radius 2 is 1.93 bits per heavy atom. The van der Waals surface area contributed by atoms with E-state index in [1.165, 1.54) is 25.7 Å². The number of hydrogen-bond acceptors (Lipinski definition) is 2. The van der Waals surface area contributed by atoms with E-state index in [0.717, 1.165) is 13.0 Å². The summed E-state index contributed by atoms with van der Waals surface area (Å²) in [6.45, 7) is 4.98. The molecular weight excluding hydrogens is 176 g/mol. The molecule has 0 radical (unpaired) electrons. The lowest BCUT2D eigenvalue weighted by molar-refractivity contribution is 0.0678. The zero-order valence-electron chi connectivity index (χ0n) is 9.51. The Hall–Kier alpha value is -0.570. The highest BCUT2D eigenvalue weighted by atomic mass is 16.5. The number of amidine groups is 1. The van der Waals surface area contributed by atoms with Gasteiger partial charge in [0.2, 0.25) is 0 Å². The first-order valence-electron chi connectivity index (χ1n) is 5.61. The maximum absolute atomic E-state index is 7.09. The average molecular weight is 200 g/mol. The summed E-state index contributed by atoms with van der Waals surface area (Å²) in [4.78, 5) is 0. The van der Waals surface area contributed by atoms with Crippen LogP contribution < -0.4 is 5.73 Å². The summed E-state index contributed by atoms with van der Waals surface area (Å²) in [5.41, 5.74) is 5.27. The van der Waals surface area contributed by atoms with Crippen molar-refractivity contribution in [2.75, 3.05) is 6.61 Å². The molecule has 0 aliphatic carbocycles. The molecule has 0 aromatic carbocycles. The summed E-state index contributed by atoms with van der Waals surface area (Å²) < 4.78 is 5.51. The van der Waals surface area contributed by atoms with Crippen LogP contribution in [0.3, 0.4) is 0 Å². The van der Waals surface area contributed by atoms with Crippen LogP contribution in [-0.2, 0) is 4.74 Å². The van der Waals surface area contributed by atoms with Gasteiger partial charge in [-0.25, -0.2) is 0 Å². The topological polar surface area (TPSA) is 59.1 Å². The molecule has 14 heavy (non-hydrogen) atoms. The minimum Gasteiger partial charge on any atom is -0.388 e. The molecule has 0 bridgehead atoms. The molecule has 0 amide bonds. The number of ether oxygens (including phenoxy) is 1. The first kappa shape index (κ1) is 13.4. The summed E-state index contributed by atoms with van der Waals surface area (Å²) >= 11 is 0. The van der Waals surface area contributed by atoms with Gasteiger partial charge in [-0.1, -0.05) is 32.6 Å². The Morgan fingerprint density at radius 3 is 2.50 bits per heavy atom. The molecule has 84 valence electrons. The van der Waals surface area contributed by atoms with Crippen LogP contribution in [0, 0.1) is 5.41 Å². The maximum atomic E-state index is 7.09. The van der Waals surface area contributed by atoms with Gasteiger partial charge in [0.05, 0.1) is 11.9 Å². The quantitative estimate of drug-likeness (QED) is 0.341. The minimum atomic E-state index is 0.0960. The number of rotatable bonds is 9. The highest BCUT2D eigenvalue weighted by Gasteiger charge is 2.02. The van der Waals surface area contributed by atoms with Gasteiger partial charge in [0, 0.05) is 13.0 Å². The molecule has 1 atom stereocenters. The average Bonchev–Trinajstić information content (AvgIpc) is 2.10. The SMILES string of the molecule is CCCCCCCOC(C)CC(=N)N. The third kappa shape index (κ3) is 9.52. The van der Waals surface area contributed by atoms with Gasteiger partial charge in [0.15, 0.2) is 0 Å². The number of hydrogen-bond donors (Lipinski definition) is 2. The molecule has 0 rings (SSSR count). The van der Waals surface area contributed by atoms with E-state index in [9.17, 15) is 0 Å². The molecule has 0 saturated carbocycles. The summed E-state index contributed by atoms with van der Waals surface area (Å²) in [5, 5.41) is 7.09. The van der Waals surface area contributed by atoms with E-state index in [-0.39, 0.29) is 11.9 Å². The number of unbranched alkanes of at least 4 members (excludes halogenated alkanes) is 4. The van der Waals surface area contributed by atoms with E-state index < -0.39 is 0 Å². The molecule has 0 aliphatic heterocycles. The van der Waals surface area contributed by atoms with Crippen LogP contribution in [0.1, 0.15) is 52.4 Å². The Bertz CT molecular complexity index is 148. The summed E-state index contributed by atoms with van der Waals surface area (Å²) in [6, 6.07) is 0. The molecule has 3 heteroatoms. The van der Waals surface area contributed by atoms with E-state index in [0.29, 0.717) is 6.42 Å². The molecular formula is C11H24N2O. The third-order valence-electron chi connectivity index (χ3n) is 2.16. The number of nitrogens with one attached hydrogen (secondary N) is 1. The standard InChI is InChI=1S/C11H24N2O/c1-3-4-5-6-7-8-14-10(2)9-11(12)13/h10H,3-9H2,1-2H3,(H3,12,13). The first-order chi connectivity index (χ1) is 6.66. The molecule has 0 heterocycles. The van der Waals surface area contributed by atoms with Gasteiger partial charge in [0.25, 0.3) is 0 Å². The normalized spacial score (nSPS) is 12.7. The van der Waals surface area contributed by atoms with Crippen molar-refractivity contribution in [3.05, 3.63) is 0 Å². The Labute approximate surface area is 87.5 Å². The van der Waals surface area contributed by atoms with Gasteiger partial charge in [-0.15, -0.1) is 0 Å². The van der Waals surface area contributed by atoms with Crippen molar-refractivity contribution < 1.29 is 4.74 Å². The van der Waals surface area contributed by atoms with Crippen molar-refractivity contribution in [3.8, 4) is 0 Å². The van der Waals surface area contributed by atoms with Gasteiger partial charge in [-0.3, -0.25) is 5.41 Å². The van der Waals surface area contributed by atoms with Crippen molar-refractivity contribution in [1.29, 1.82) is 5.41 Å². The van der Waals surface area contributed by atoms with Crippen LogP contribution in [0.4, 0.5) is 0 Å². The highest BCUT2D eigenvalue weighted by Crippen LogP contribution is 2.04. The first-order valence-corrected chi connectivity index (χ1v) is 5.61. The summed E-state index contributed by atoms with van der Waals surface area (Å²) in [6.07, 6.45) is 6.93. The van der Waals surface area contributed by atoms with Crippen LogP contribution >= 0.6 is 0 Å². The number of nitrogens with two attached hydrogens (primary N) is 1. The predicted octanol–water partition coefficient (Wildman–Crippen LogP) is 2.69. The lowest BCUT2D eigenvalue weighted by Gasteiger charge is -2.11. The van der Waals surface area contributed by atoms with Crippen molar-refractivity contribution >= 4 is 5.84 Å². The Morgan fingerprint density at radius 1 is 1.29 bits per heavy atom. The molecule has 0 saturated heterocycles. The molecule has 0 aliphatic rings. The fraction of sp³-hybridized carbons (Fsp3) is 0.909. The summed E-state index contributed by atoms with van der Waals surface area (Å²) in [5.74, 6) is 0.212. The van der Waals surface area contributed by atoms with Crippen molar-refractivity contribution in [3.63, 3.8) is 0 Å². The molecule has 3 N–H and O–H groups in total. The van der Waals surface area contributed by atoms with Crippen LogP contribution in [0.25, 0.3) is 0 Å². The Balaban J connectivity index is 3.14. The minimum absolute atomic E-state index is 0.0960. The van der Waals surface area contributed by atoms with E-state index in [1.807, 2.05) is 6.92 Å². The van der Waals surface area contributed by atoms with Crippen LogP contribution in [0.5, 0.6) is 0 Å². The highest BCUT2D eigenvalue weighted by molar-refractivity contribution is 5.77. The molecule has 1 unspecified atom stereocenters. The molecule has 0 fully saturated rings. The Kier molecular flexibility index (Phi) is 8.64. The van der Waals surface area contributed by atoms with E-state index in [1.54, 1.807) is 0 Å². The summed E-state index contributed by atoms with van der Waals surface area (Å²) in [7, 11) is 0. The largest absolute Gasteiger partial charge is 0.388 e. The molecule has 3 nitrogen and oxygen atoms in total. The zero-order chi connectivity index (χ0) is 10.8. The van der Waals surface area contributed by atoms with Gasteiger partial charge in [-0.05, 0) is 13.3 Å². The van der Waals surface area contributed by atoms with E-state index >= 15 is 0 Å². The lowest BCUT2D eigenvalue weighted by Crippen LogP contribution is -2.19. The van der Waals surface area contributed by atoms with Crippen molar-refractivity contribution in [2.45, 2.75) is 58.5 Å². The van der Waals surface area contributed by atoms with Crippen LogP contribution in [0.2, 0.25) is 0 Å². The van der Waals surface area contributed by atoms with Gasteiger partial charge in [0.1, 0.15) is 0 Å². The van der Waals surface area contributed by atoms with Crippen molar-refractivity contribution in [2.24, 2.45) is 5.73 Å². The second kappa shape index (κ2) is 9.00. The van der Waals surface area contributed by atoms with E-state index in [4.69, 9.17) is 15.9 Å². The fourth-order valence-electron chi connectivity index (χ4n) is 1.36.